The summed E-state index contributed by atoms with van der Waals surface area (Å²) in [5.74, 6) is -1.03. The average Bonchev–Trinajstić information content (AvgIpc) is 2.70. The Morgan fingerprint density at radius 3 is 1.71 bits per heavy atom. The Hall–Kier alpha value is -2.33. The van der Waals surface area contributed by atoms with Gasteiger partial charge in [-0.15, -0.1) is 0 Å². The van der Waals surface area contributed by atoms with Gasteiger partial charge in [-0.05, 0) is 62.8 Å². The maximum atomic E-state index is 12.9. The molecule has 28 heavy (non-hydrogen) atoms. The van der Waals surface area contributed by atoms with E-state index in [1.165, 1.54) is 0 Å². The fourth-order valence-corrected chi connectivity index (χ4v) is 3.29. The van der Waals surface area contributed by atoms with Crippen LogP contribution in [0.25, 0.3) is 0 Å². The predicted molar refractivity (Wildman–Crippen MR) is 110 cm³/mol. The van der Waals surface area contributed by atoms with Crippen LogP contribution in [0.15, 0.2) is 54.6 Å². The second-order valence-corrected chi connectivity index (χ2v) is 7.07. The maximum Gasteiger partial charge on any atom is 0.323 e. The zero-order valence-electron chi connectivity index (χ0n) is 16.4. The minimum absolute atomic E-state index is 0.215. The summed E-state index contributed by atoms with van der Waals surface area (Å²) < 4.78 is 10.6. The van der Waals surface area contributed by atoms with Gasteiger partial charge in [0.05, 0.1) is 13.2 Å². The van der Waals surface area contributed by atoms with Crippen LogP contribution in [0.1, 0.15) is 37.8 Å². The van der Waals surface area contributed by atoms with Crippen LogP contribution in [0.3, 0.4) is 0 Å². The van der Waals surface area contributed by atoms with E-state index in [4.69, 9.17) is 21.1 Å². The van der Waals surface area contributed by atoms with E-state index in [2.05, 4.69) is 0 Å². The molecule has 2 aromatic rings. The van der Waals surface area contributed by atoms with Crippen molar-refractivity contribution in [2.24, 2.45) is 5.41 Å². The van der Waals surface area contributed by atoms with E-state index in [1.807, 2.05) is 42.5 Å². The van der Waals surface area contributed by atoms with Gasteiger partial charge in [0.1, 0.15) is 0 Å². The number of rotatable bonds is 10. The Kier molecular flexibility index (Phi) is 8.52. The zero-order chi connectivity index (χ0) is 20.4. The van der Waals surface area contributed by atoms with Crippen LogP contribution in [-0.4, -0.2) is 25.2 Å². The van der Waals surface area contributed by atoms with Gasteiger partial charge in [0.25, 0.3) is 0 Å². The van der Waals surface area contributed by atoms with Crippen LogP contribution in [0, 0.1) is 5.41 Å². The summed E-state index contributed by atoms with van der Waals surface area (Å²) in [5, 5.41) is 0.648. The van der Waals surface area contributed by atoms with Crippen LogP contribution in [-0.2, 0) is 31.9 Å². The van der Waals surface area contributed by atoms with Gasteiger partial charge in [-0.25, -0.2) is 0 Å². The molecular formula is C23H27ClO4. The molecule has 0 aliphatic heterocycles. The summed E-state index contributed by atoms with van der Waals surface area (Å²) >= 11 is 5.95. The molecule has 2 aromatic carbocycles. The molecule has 5 heteroatoms. The summed E-state index contributed by atoms with van der Waals surface area (Å²) in [6.07, 6.45) is 1.78. The first-order valence-corrected chi connectivity index (χ1v) is 10.0. The molecule has 0 N–H and O–H groups in total. The van der Waals surface area contributed by atoms with E-state index in [-0.39, 0.29) is 13.2 Å². The molecule has 2 rings (SSSR count). The molecule has 0 aliphatic carbocycles. The molecule has 0 aliphatic rings. The minimum Gasteiger partial charge on any atom is -0.465 e. The maximum absolute atomic E-state index is 12.9. The third-order valence-electron chi connectivity index (χ3n) is 4.77. The van der Waals surface area contributed by atoms with Crippen molar-refractivity contribution in [1.29, 1.82) is 0 Å². The molecule has 0 saturated heterocycles. The summed E-state index contributed by atoms with van der Waals surface area (Å²) in [6.45, 7) is 3.91. The summed E-state index contributed by atoms with van der Waals surface area (Å²) in [5.41, 5.74) is 0.732. The molecule has 0 atom stereocenters. The van der Waals surface area contributed by atoms with Crippen molar-refractivity contribution < 1.29 is 19.1 Å². The lowest BCUT2D eigenvalue weighted by atomic mass is 9.77. The van der Waals surface area contributed by atoms with Gasteiger partial charge in [-0.2, -0.15) is 0 Å². The Morgan fingerprint density at radius 1 is 0.786 bits per heavy atom. The van der Waals surface area contributed by atoms with Gasteiger partial charge in [0, 0.05) is 5.02 Å². The number of carbonyl (C=O) groups is 2. The molecular weight excluding hydrogens is 376 g/mol. The molecule has 0 amide bonds. The second kappa shape index (κ2) is 10.9. The smallest absolute Gasteiger partial charge is 0.323 e. The molecule has 0 fully saturated rings. The minimum atomic E-state index is -1.33. The van der Waals surface area contributed by atoms with Crippen LogP contribution in [0.5, 0.6) is 0 Å². The van der Waals surface area contributed by atoms with Crippen LogP contribution in [0.2, 0.25) is 5.02 Å². The number of hydrogen-bond acceptors (Lipinski definition) is 4. The molecule has 0 spiro atoms. The number of ether oxygens (including phenoxy) is 2. The number of aryl methyl sites for hydroxylation is 2. The molecule has 0 bridgehead atoms. The molecule has 0 radical (unpaired) electrons. The van der Waals surface area contributed by atoms with Crippen molar-refractivity contribution in [3.05, 3.63) is 70.7 Å². The highest BCUT2D eigenvalue weighted by Gasteiger charge is 2.48. The van der Waals surface area contributed by atoms with Gasteiger partial charge in [-0.3, -0.25) is 9.59 Å². The molecule has 0 unspecified atom stereocenters. The Morgan fingerprint density at radius 2 is 1.25 bits per heavy atom. The first kappa shape index (κ1) is 22.0. The number of halogens is 1. The van der Waals surface area contributed by atoms with Crippen LogP contribution in [0.4, 0.5) is 0 Å². The van der Waals surface area contributed by atoms with Crippen molar-refractivity contribution in [2.75, 3.05) is 13.2 Å². The van der Waals surface area contributed by atoms with Crippen LogP contribution >= 0.6 is 11.6 Å². The van der Waals surface area contributed by atoms with Gasteiger partial charge in [0.2, 0.25) is 0 Å². The largest absolute Gasteiger partial charge is 0.465 e. The van der Waals surface area contributed by atoms with E-state index in [1.54, 1.807) is 26.0 Å². The van der Waals surface area contributed by atoms with Gasteiger partial charge in [0.15, 0.2) is 5.41 Å². The Labute approximate surface area is 171 Å². The summed E-state index contributed by atoms with van der Waals surface area (Å²) in [4.78, 5) is 25.9. The van der Waals surface area contributed by atoms with E-state index in [9.17, 15) is 9.59 Å². The van der Waals surface area contributed by atoms with E-state index in [0.717, 1.165) is 11.1 Å². The summed E-state index contributed by atoms with van der Waals surface area (Å²) in [7, 11) is 0. The molecule has 0 saturated carbocycles. The Balaban J connectivity index is 2.29. The standard InChI is InChI=1S/C23H27ClO4/c1-3-27-21(25)23(22(26)28-4-2,16-14-18-8-6-5-7-9-18)17-15-19-10-12-20(24)13-11-19/h5-13H,3-4,14-17H2,1-2H3. The van der Waals surface area contributed by atoms with E-state index >= 15 is 0 Å². The zero-order valence-corrected chi connectivity index (χ0v) is 17.2. The number of carbonyl (C=O) groups excluding carboxylic acids is 2. The lowest BCUT2D eigenvalue weighted by Crippen LogP contribution is -2.43. The van der Waals surface area contributed by atoms with E-state index in [0.29, 0.717) is 30.7 Å². The highest BCUT2D eigenvalue weighted by Crippen LogP contribution is 2.34. The van der Waals surface area contributed by atoms with Crippen molar-refractivity contribution in [3.8, 4) is 0 Å². The average molecular weight is 403 g/mol. The topological polar surface area (TPSA) is 52.6 Å². The van der Waals surface area contributed by atoms with Crippen molar-refractivity contribution in [3.63, 3.8) is 0 Å². The predicted octanol–water partition coefficient (Wildman–Crippen LogP) is 5.02. The molecule has 4 nitrogen and oxygen atoms in total. The summed E-state index contributed by atoms with van der Waals surface area (Å²) in [6, 6.07) is 17.2. The van der Waals surface area contributed by atoms with E-state index < -0.39 is 17.4 Å². The lowest BCUT2D eigenvalue weighted by molar-refractivity contribution is -0.173. The Bertz CT molecular complexity index is 738. The molecule has 150 valence electrons. The van der Waals surface area contributed by atoms with Crippen LogP contribution < -0.4 is 0 Å². The molecule has 0 aromatic heterocycles. The van der Waals surface area contributed by atoms with Gasteiger partial charge < -0.3 is 9.47 Å². The highest BCUT2D eigenvalue weighted by molar-refractivity contribution is 6.30. The lowest BCUT2D eigenvalue weighted by Gasteiger charge is -2.29. The highest BCUT2D eigenvalue weighted by atomic mass is 35.5. The first-order chi connectivity index (χ1) is 13.5. The first-order valence-electron chi connectivity index (χ1n) is 9.64. The fourth-order valence-electron chi connectivity index (χ4n) is 3.17. The third-order valence-corrected chi connectivity index (χ3v) is 5.02. The third kappa shape index (κ3) is 5.83. The monoisotopic (exact) mass is 402 g/mol. The molecule has 0 heterocycles. The normalized spacial score (nSPS) is 11.1. The number of benzene rings is 2. The van der Waals surface area contributed by atoms with Gasteiger partial charge in [-0.1, -0.05) is 54.1 Å². The van der Waals surface area contributed by atoms with Crippen molar-refractivity contribution >= 4 is 23.5 Å². The van der Waals surface area contributed by atoms with Gasteiger partial charge >= 0.3 is 11.9 Å². The van der Waals surface area contributed by atoms with Crippen molar-refractivity contribution in [1.82, 2.24) is 0 Å². The second-order valence-electron chi connectivity index (χ2n) is 6.64. The SMILES string of the molecule is CCOC(=O)C(CCc1ccccc1)(CCc1ccc(Cl)cc1)C(=O)OCC. The quantitative estimate of drug-likeness (QED) is 0.413. The number of esters is 2. The van der Waals surface area contributed by atoms with Crippen molar-refractivity contribution in [2.45, 2.75) is 39.5 Å². The fraction of sp³-hybridized carbons (Fsp3) is 0.391. The number of hydrogen-bond donors (Lipinski definition) is 0.